The molecule has 1 saturated heterocycles. The van der Waals surface area contributed by atoms with Crippen molar-refractivity contribution in [3.8, 4) is 0 Å². The minimum absolute atomic E-state index is 0.0670. The highest BCUT2D eigenvalue weighted by Gasteiger charge is 2.29. The van der Waals surface area contributed by atoms with Gasteiger partial charge in [0, 0.05) is 26.2 Å². The maximum absolute atomic E-state index is 12.8. The maximum Gasteiger partial charge on any atom is 0.205 e. The molecule has 1 unspecified atom stereocenters. The summed E-state index contributed by atoms with van der Waals surface area (Å²) in [6.07, 6.45) is 2.87. The quantitative estimate of drug-likeness (QED) is 0.766. The van der Waals surface area contributed by atoms with Crippen LogP contribution in [0.1, 0.15) is 53.3 Å². The van der Waals surface area contributed by atoms with Crippen LogP contribution in [-0.4, -0.2) is 41.7 Å². The lowest BCUT2D eigenvalue weighted by Crippen LogP contribution is -2.26. The van der Waals surface area contributed by atoms with Crippen LogP contribution >= 0.6 is 0 Å². The normalized spacial score (nSPS) is 17.9. The van der Waals surface area contributed by atoms with E-state index in [4.69, 9.17) is 9.72 Å². The van der Waals surface area contributed by atoms with Crippen molar-refractivity contribution < 1.29 is 18.3 Å². The Kier molecular flexibility index (Phi) is 6.41. The fourth-order valence-corrected chi connectivity index (χ4v) is 5.36. The minimum Gasteiger partial charge on any atom is -0.381 e. The van der Waals surface area contributed by atoms with Gasteiger partial charge < -0.3 is 14.4 Å². The van der Waals surface area contributed by atoms with Gasteiger partial charge in [0.15, 0.2) is 5.44 Å². The van der Waals surface area contributed by atoms with Gasteiger partial charge in [-0.25, -0.2) is 13.4 Å². The van der Waals surface area contributed by atoms with Gasteiger partial charge in [-0.15, -0.1) is 0 Å². The van der Waals surface area contributed by atoms with Crippen molar-refractivity contribution in [1.82, 2.24) is 9.55 Å². The van der Waals surface area contributed by atoms with Crippen LogP contribution in [0.5, 0.6) is 0 Å². The van der Waals surface area contributed by atoms with Crippen molar-refractivity contribution in [1.29, 1.82) is 0 Å². The molecule has 0 aliphatic carbocycles. The Morgan fingerprint density at radius 3 is 2.48 bits per heavy atom. The molecule has 1 atom stereocenters. The van der Waals surface area contributed by atoms with Gasteiger partial charge in [0.05, 0.1) is 15.9 Å². The third-order valence-electron chi connectivity index (χ3n) is 5.49. The van der Waals surface area contributed by atoms with E-state index in [9.17, 15) is 13.5 Å². The molecule has 29 heavy (non-hydrogen) atoms. The molecule has 2 aromatic rings. The molecule has 1 aliphatic heterocycles. The highest BCUT2D eigenvalue weighted by Crippen LogP contribution is 2.29. The molecule has 0 saturated carbocycles. The number of hydrogen-bond acceptors (Lipinski definition) is 5. The van der Waals surface area contributed by atoms with E-state index in [2.05, 4.69) is 25.3 Å². The number of sulfone groups is 1. The second kappa shape index (κ2) is 8.36. The lowest BCUT2D eigenvalue weighted by atomic mass is 9.91. The molecule has 0 amide bonds. The Bertz CT molecular complexity index is 951. The van der Waals surface area contributed by atoms with Crippen LogP contribution in [0, 0.1) is 17.3 Å². The number of rotatable bonds is 6. The maximum atomic E-state index is 12.8. The lowest BCUT2D eigenvalue weighted by molar-refractivity contribution is 0.0612. The van der Waals surface area contributed by atoms with Crippen molar-refractivity contribution in [3.63, 3.8) is 0 Å². The van der Waals surface area contributed by atoms with E-state index in [-0.39, 0.29) is 16.2 Å². The number of benzene rings is 1. The van der Waals surface area contributed by atoms with Crippen LogP contribution < -0.4 is 0 Å². The van der Waals surface area contributed by atoms with E-state index < -0.39 is 15.3 Å². The molecule has 0 radical (unpaired) electrons. The number of imidazole rings is 1. The van der Waals surface area contributed by atoms with Crippen molar-refractivity contribution >= 4 is 20.9 Å². The summed E-state index contributed by atoms with van der Waals surface area (Å²) in [4.78, 5) is 4.96. The van der Waals surface area contributed by atoms with Gasteiger partial charge in [-0.2, -0.15) is 0 Å². The lowest BCUT2D eigenvalue weighted by Gasteiger charge is -2.25. The molecule has 1 aromatic carbocycles. The van der Waals surface area contributed by atoms with Gasteiger partial charge in [-0.05, 0) is 48.3 Å². The van der Waals surface area contributed by atoms with Crippen LogP contribution in [0.3, 0.4) is 0 Å². The molecule has 1 N–H and O–H groups in total. The average Bonchev–Trinajstić information content (AvgIpc) is 2.96. The fraction of sp³-hybridized carbons (Fsp3) is 0.682. The van der Waals surface area contributed by atoms with Gasteiger partial charge in [0.25, 0.3) is 0 Å². The Hall–Kier alpha value is -1.44. The van der Waals surface area contributed by atoms with Crippen molar-refractivity contribution in [2.75, 3.05) is 13.2 Å². The summed E-state index contributed by atoms with van der Waals surface area (Å²) in [7, 11) is -3.81. The number of fused-ring (bicyclic) bond motifs is 1. The predicted octanol–water partition coefficient (Wildman–Crippen LogP) is 3.80. The highest BCUT2D eigenvalue weighted by atomic mass is 32.2. The topological polar surface area (TPSA) is 81.4 Å². The van der Waals surface area contributed by atoms with E-state index in [0.717, 1.165) is 50.4 Å². The first-order chi connectivity index (χ1) is 13.5. The number of ether oxygens (including phenoxy) is 1. The van der Waals surface area contributed by atoms with Crippen molar-refractivity contribution in [2.24, 2.45) is 17.3 Å². The number of aromatic nitrogens is 2. The number of nitrogens with zero attached hydrogens (tertiary/aromatic N) is 2. The van der Waals surface area contributed by atoms with Crippen LogP contribution in [0.2, 0.25) is 0 Å². The van der Waals surface area contributed by atoms with Gasteiger partial charge in [0.1, 0.15) is 5.82 Å². The molecule has 6 nitrogen and oxygen atoms in total. The zero-order chi connectivity index (χ0) is 21.4. The minimum atomic E-state index is -3.81. The predicted molar refractivity (Wildman–Crippen MR) is 114 cm³/mol. The third-order valence-corrected chi connectivity index (χ3v) is 7.58. The summed E-state index contributed by atoms with van der Waals surface area (Å²) in [6, 6.07) is 5.06. The summed E-state index contributed by atoms with van der Waals surface area (Å²) >= 11 is 0. The molecular formula is C22H34N2O4S. The van der Waals surface area contributed by atoms with Crippen LogP contribution in [0.4, 0.5) is 0 Å². The van der Waals surface area contributed by atoms with Gasteiger partial charge >= 0.3 is 0 Å². The molecule has 0 spiro atoms. The first-order valence-corrected chi connectivity index (χ1v) is 12.0. The molecule has 162 valence electrons. The molecule has 1 aliphatic rings. The Morgan fingerprint density at radius 2 is 1.90 bits per heavy atom. The molecule has 1 fully saturated rings. The standard InChI is InChI=1S/C22H34N2O4S/c1-15(2)21(25)29(26,27)17-6-7-19-18(12-17)23-20(13-22(3,4)5)24(19)14-16-8-10-28-11-9-16/h6-7,12,15-16,21,25H,8-11,13-14H2,1-5H3. The van der Waals surface area contributed by atoms with E-state index in [0.29, 0.717) is 11.4 Å². The first-order valence-electron chi connectivity index (χ1n) is 10.5. The molecule has 0 bridgehead atoms. The Morgan fingerprint density at radius 1 is 1.24 bits per heavy atom. The second-order valence-corrected chi connectivity index (χ2v) is 11.8. The summed E-state index contributed by atoms with van der Waals surface area (Å²) in [5.41, 5.74) is 0.276. The van der Waals surface area contributed by atoms with Crippen molar-refractivity contribution in [2.45, 2.75) is 70.8 Å². The summed E-state index contributed by atoms with van der Waals surface area (Å²) in [5, 5.41) is 10.2. The second-order valence-electron chi connectivity index (χ2n) is 9.76. The summed E-state index contributed by atoms with van der Waals surface area (Å²) in [5.74, 6) is 1.14. The van der Waals surface area contributed by atoms with Gasteiger partial charge in [-0.1, -0.05) is 34.6 Å². The number of aliphatic hydroxyl groups is 1. The van der Waals surface area contributed by atoms with E-state index in [1.165, 1.54) is 0 Å². The van der Waals surface area contributed by atoms with E-state index in [1.807, 2.05) is 6.07 Å². The summed E-state index contributed by atoms with van der Waals surface area (Å²) < 4.78 is 33.3. The monoisotopic (exact) mass is 422 g/mol. The largest absolute Gasteiger partial charge is 0.381 e. The van der Waals surface area contributed by atoms with Gasteiger partial charge in [0.2, 0.25) is 9.84 Å². The number of hydrogen-bond donors (Lipinski definition) is 1. The zero-order valence-corrected chi connectivity index (χ0v) is 19.0. The smallest absolute Gasteiger partial charge is 0.205 e. The van der Waals surface area contributed by atoms with Crippen LogP contribution in [-0.2, 0) is 27.5 Å². The van der Waals surface area contributed by atoms with Gasteiger partial charge in [-0.3, -0.25) is 0 Å². The van der Waals surface area contributed by atoms with Crippen molar-refractivity contribution in [3.05, 3.63) is 24.0 Å². The third kappa shape index (κ3) is 5.01. The number of aliphatic hydroxyl groups excluding tert-OH is 1. The molecule has 2 heterocycles. The fourth-order valence-electron chi connectivity index (χ4n) is 3.83. The zero-order valence-electron chi connectivity index (χ0n) is 18.2. The molecule has 7 heteroatoms. The highest BCUT2D eigenvalue weighted by molar-refractivity contribution is 7.91. The van der Waals surface area contributed by atoms with Crippen LogP contribution in [0.15, 0.2) is 23.1 Å². The Labute approximate surface area is 174 Å². The Balaban J connectivity index is 2.04. The van der Waals surface area contributed by atoms with E-state index >= 15 is 0 Å². The summed E-state index contributed by atoms with van der Waals surface area (Å²) in [6.45, 7) is 12.4. The van der Waals surface area contributed by atoms with Crippen LogP contribution in [0.25, 0.3) is 11.0 Å². The molecular weight excluding hydrogens is 388 g/mol. The van der Waals surface area contributed by atoms with E-state index in [1.54, 1.807) is 26.0 Å². The molecule has 3 rings (SSSR count). The molecule has 1 aromatic heterocycles. The first kappa shape index (κ1) is 22.2. The average molecular weight is 423 g/mol. The SMILES string of the molecule is CC(C)C(O)S(=O)(=O)c1ccc2c(c1)nc(CC(C)(C)C)n2CC1CCOCC1.